The first-order valence-electron chi connectivity index (χ1n) is 42.0. The van der Waals surface area contributed by atoms with E-state index in [9.17, 15) is 43.2 Å². The maximum Gasteiger partial charge on any atom is 0.472 e. The summed E-state index contributed by atoms with van der Waals surface area (Å²) < 4.78 is 68.7. The van der Waals surface area contributed by atoms with Crippen LogP contribution in [0.5, 0.6) is 0 Å². The van der Waals surface area contributed by atoms with Gasteiger partial charge in [-0.05, 0) is 57.3 Å². The highest BCUT2D eigenvalue weighted by Gasteiger charge is 2.30. The molecule has 0 spiro atoms. The number of carbonyl (C=O) groups is 4. The predicted octanol–water partition coefficient (Wildman–Crippen LogP) is 24.4. The fourth-order valence-corrected chi connectivity index (χ4v) is 13.8. The second-order valence-corrected chi connectivity index (χ2v) is 32.2. The van der Waals surface area contributed by atoms with Gasteiger partial charge < -0.3 is 33.8 Å². The molecule has 0 bridgehead atoms. The lowest BCUT2D eigenvalue weighted by Crippen LogP contribution is -2.30. The molecule has 101 heavy (non-hydrogen) atoms. The lowest BCUT2D eigenvalue weighted by Gasteiger charge is -2.21. The maximum atomic E-state index is 13.1. The molecule has 0 heterocycles. The fraction of sp³-hybridized carbons (Fsp3) is 0.902. The van der Waals surface area contributed by atoms with Gasteiger partial charge >= 0.3 is 39.5 Å². The zero-order valence-corrected chi connectivity index (χ0v) is 67.3. The summed E-state index contributed by atoms with van der Waals surface area (Å²) in [5.74, 6) is -1.41. The molecule has 0 rings (SSSR count). The number of unbranched alkanes of at least 4 members (excludes halogenated alkanes) is 49. The molecule has 0 aliphatic rings. The highest BCUT2D eigenvalue weighted by Crippen LogP contribution is 2.45. The summed E-state index contributed by atoms with van der Waals surface area (Å²) in [4.78, 5) is 73.0. The van der Waals surface area contributed by atoms with Crippen LogP contribution >= 0.6 is 15.6 Å². The molecule has 0 aromatic rings. The highest BCUT2D eigenvalue weighted by molar-refractivity contribution is 7.47. The van der Waals surface area contributed by atoms with Crippen LogP contribution in [-0.4, -0.2) is 96.7 Å². The van der Waals surface area contributed by atoms with E-state index in [1.807, 2.05) is 0 Å². The number of phosphoric ester groups is 2. The molecule has 0 saturated heterocycles. The predicted molar refractivity (Wildman–Crippen MR) is 414 cm³/mol. The topological polar surface area (TPSA) is 237 Å². The minimum atomic E-state index is -4.97. The van der Waals surface area contributed by atoms with Crippen molar-refractivity contribution in [2.45, 2.75) is 432 Å². The van der Waals surface area contributed by atoms with E-state index in [1.54, 1.807) is 0 Å². The quantitative estimate of drug-likeness (QED) is 0.0169. The van der Waals surface area contributed by atoms with Crippen molar-refractivity contribution in [3.8, 4) is 0 Å². The van der Waals surface area contributed by atoms with Crippen LogP contribution in [-0.2, 0) is 65.4 Å². The molecule has 0 fully saturated rings. The summed E-state index contributed by atoms with van der Waals surface area (Å²) in [6, 6.07) is 0. The number of aliphatic hydroxyl groups excluding tert-OH is 1. The number of hydrogen-bond donors (Lipinski definition) is 3. The largest absolute Gasteiger partial charge is 0.472 e. The van der Waals surface area contributed by atoms with Gasteiger partial charge in [-0.1, -0.05) is 361 Å². The first kappa shape index (κ1) is 98.5. The van der Waals surface area contributed by atoms with E-state index in [-0.39, 0.29) is 25.7 Å². The van der Waals surface area contributed by atoms with E-state index < -0.39 is 97.5 Å². The summed E-state index contributed by atoms with van der Waals surface area (Å²) in [7, 11) is -9.93. The van der Waals surface area contributed by atoms with Gasteiger partial charge in [-0.25, -0.2) is 9.13 Å². The Morgan fingerprint density at radius 1 is 0.307 bits per heavy atom. The van der Waals surface area contributed by atoms with E-state index in [2.05, 4.69) is 58.9 Å². The number of hydrogen-bond acceptors (Lipinski definition) is 15. The standard InChI is InChI=1S/C82H156O17P2/c1-6-9-12-15-18-21-24-27-30-31-32-33-34-35-37-40-43-46-53-58-63-68-82(87)98-77(71-92-79(84)65-60-55-50-44-41-39-36-28-25-22-19-16-13-10-7-2)73-96-100(88,89)94-69-76(83)70-95-101(90,91)97-74-78(72-93-80(85)66-61-56-51-48-47-49-54-59-64-75(4)5)99-81(86)67-62-57-52-45-42-38-29-26-23-20-17-14-11-8-3/h22,25,28,36,75-78,83H,6-21,23-24,26-27,29-35,37-74H2,1-5H3,(H,88,89)(H,90,91)/b25-22-,36-28-/t76-,77-,78-/m1/s1. The average Bonchev–Trinajstić information content (AvgIpc) is 0.967. The molecule has 0 amide bonds. The fourth-order valence-electron chi connectivity index (χ4n) is 12.2. The zero-order valence-electron chi connectivity index (χ0n) is 65.5. The van der Waals surface area contributed by atoms with E-state index in [0.29, 0.717) is 25.7 Å². The number of esters is 4. The number of allylic oxidation sites excluding steroid dienone is 4. The lowest BCUT2D eigenvalue weighted by atomic mass is 10.0. The third-order valence-electron chi connectivity index (χ3n) is 18.7. The van der Waals surface area contributed by atoms with Crippen LogP contribution in [0, 0.1) is 5.92 Å². The molecule has 0 aliphatic heterocycles. The third kappa shape index (κ3) is 75.6. The van der Waals surface area contributed by atoms with Crippen LogP contribution in [0.15, 0.2) is 24.3 Å². The Kier molecular flexibility index (Phi) is 72.6. The van der Waals surface area contributed by atoms with E-state index in [1.165, 1.54) is 218 Å². The Balaban J connectivity index is 5.26. The van der Waals surface area contributed by atoms with Gasteiger partial charge in [0.1, 0.15) is 19.3 Å². The number of ether oxygens (including phenoxy) is 4. The van der Waals surface area contributed by atoms with Gasteiger partial charge in [0, 0.05) is 25.7 Å². The monoisotopic (exact) mass is 1480 g/mol. The Hall–Kier alpha value is -2.46. The van der Waals surface area contributed by atoms with Gasteiger partial charge in [0.2, 0.25) is 0 Å². The molecular weight excluding hydrogens is 1320 g/mol. The van der Waals surface area contributed by atoms with E-state index >= 15 is 0 Å². The average molecular weight is 1480 g/mol. The Morgan fingerprint density at radius 2 is 0.535 bits per heavy atom. The van der Waals surface area contributed by atoms with Crippen molar-refractivity contribution in [2.75, 3.05) is 39.6 Å². The maximum absolute atomic E-state index is 13.1. The van der Waals surface area contributed by atoms with Crippen molar-refractivity contribution in [1.82, 2.24) is 0 Å². The molecule has 0 aromatic carbocycles. The number of rotatable bonds is 80. The second-order valence-electron chi connectivity index (χ2n) is 29.3. The summed E-state index contributed by atoms with van der Waals surface area (Å²) in [6.07, 6.45) is 68.9. The molecular formula is C82H156O17P2. The van der Waals surface area contributed by atoms with Gasteiger partial charge in [-0.2, -0.15) is 0 Å². The summed E-state index contributed by atoms with van der Waals surface area (Å²) in [5.41, 5.74) is 0. The molecule has 0 aliphatic carbocycles. The van der Waals surface area contributed by atoms with Crippen LogP contribution in [0.3, 0.4) is 0 Å². The molecule has 0 aromatic heterocycles. The molecule has 5 atom stereocenters. The normalized spacial score (nSPS) is 14.0. The Bertz CT molecular complexity index is 2020. The number of phosphoric acid groups is 2. The molecule has 3 N–H and O–H groups in total. The van der Waals surface area contributed by atoms with E-state index in [0.717, 1.165) is 115 Å². The summed E-state index contributed by atoms with van der Waals surface area (Å²) in [6.45, 7) is 7.23. The Morgan fingerprint density at radius 3 is 0.812 bits per heavy atom. The highest BCUT2D eigenvalue weighted by atomic mass is 31.2. The minimum absolute atomic E-state index is 0.102. The first-order chi connectivity index (χ1) is 49.0. The molecule has 17 nitrogen and oxygen atoms in total. The zero-order chi connectivity index (χ0) is 74.1. The van der Waals surface area contributed by atoms with Gasteiger partial charge in [0.05, 0.1) is 26.4 Å². The van der Waals surface area contributed by atoms with Crippen molar-refractivity contribution in [3.05, 3.63) is 24.3 Å². The van der Waals surface area contributed by atoms with Crippen molar-refractivity contribution < 1.29 is 80.2 Å². The molecule has 596 valence electrons. The summed E-state index contributed by atoms with van der Waals surface area (Å²) in [5, 5.41) is 10.6. The van der Waals surface area contributed by atoms with Gasteiger partial charge in [0.25, 0.3) is 0 Å². The van der Waals surface area contributed by atoms with Crippen LogP contribution < -0.4 is 0 Å². The third-order valence-corrected chi connectivity index (χ3v) is 20.6. The molecule has 0 saturated carbocycles. The minimum Gasteiger partial charge on any atom is -0.462 e. The van der Waals surface area contributed by atoms with Crippen molar-refractivity contribution in [2.24, 2.45) is 5.92 Å². The van der Waals surface area contributed by atoms with E-state index in [4.69, 9.17) is 37.0 Å². The SMILES string of the molecule is CCCCCC/C=C\C=C/CCCCCCCC(=O)OC[C@H](COP(=O)(O)OC[C@@H](O)COP(=O)(O)OC[C@@H](COC(=O)CCCCCCCCCCC(C)C)OC(=O)CCCCCCCCCCCCCCCC)OC(=O)CCCCCCCCCCCCCCCCCCCCCCC. The van der Waals surface area contributed by atoms with Gasteiger partial charge in [0.15, 0.2) is 12.2 Å². The van der Waals surface area contributed by atoms with Crippen molar-refractivity contribution in [1.29, 1.82) is 0 Å². The summed E-state index contributed by atoms with van der Waals surface area (Å²) >= 11 is 0. The first-order valence-corrected chi connectivity index (χ1v) is 44.9. The lowest BCUT2D eigenvalue weighted by molar-refractivity contribution is -0.161. The van der Waals surface area contributed by atoms with Gasteiger partial charge in [-0.3, -0.25) is 37.3 Å². The van der Waals surface area contributed by atoms with Crippen molar-refractivity contribution in [3.63, 3.8) is 0 Å². The Labute approximate surface area is 618 Å². The second kappa shape index (κ2) is 74.4. The van der Waals surface area contributed by atoms with Crippen LogP contribution in [0.1, 0.15) is 413 Å². The molecule has 19 heteroatoms. The van der Waals surface area contributed by atoms with Gasteiger partial charge in [-0.15, -0.1) is 0 Å². The molecule has 0 radical (unpaired) electrons. The van der Waals surface area contributed by atoms with Crippen LogP contribution in [0.2, 0.25) is 0 Å². The number of aliphatic hydroxyl groups is 1. The van der Waals surface area contributed by atoms with Crippen LogP contribution in [0.4, 0.5) is 0 Å². The van der Waals surface area contributed by atoms with Crippen LogP contribution in [0.25, 0.3) is 0 Å². The smallest absolute Gasteiger partial charge is 0.462 e. The number of carbonyl (C=O) groups excluding carboxylic acids is 4. The van der Waals surface area contributed by atoms with Crippen molar-refractivity contribution >= 4 is 39.5 Å². The molecule has 2 unspecified atom stereocenters.